The van der Waals surface area contributed by atoms with Crippen LogP contribution in [0, 0.1) is 0 Å². The van der Waals surface area contributed by atoms with Gasteiger partial charge in [-0.15, -0.1) is 15.3 Å². The molecule has 0 spiro atoms. The minimum absolute atomic E-state index is 0.569. The van der Waals surface area contributed by atoms with E-state index in [0.29, 0.717) is 6.54 Å². The molecule has 0 atom stereocenters. The standard InChI is InChI=1S/C12H12N6/c1-18-8-15-16-11(18)7-13-12-10-5-3-2-4-9(10)6-14-17-12/h2-6,8H,7H2,1H3,(H,13,17). The van der Waals surface area contributed by atoms with Gasteiger partial charge in [0, 0.05) is 17.8 Å². The molecular formula is C12H12N6. The summed E-state index contributed by atoms with van der Waals surface area (Å²) in [6.07, 6.45) is 3.43. The zero-order chi connectivity index (χ0) is 12.4. The van der Waals surface area contributed by atoms with Crippen LogP contribution >= 0.6 is 0 Å². The number of fused-ring (bicyclic) bond motifs is 1. The van der Waals surface area contributed by atoms with Crippen molar-refractivity contribution in [2.75, 3.05) is 5.32 Å². The molecule has 0 fully saturated rings. The molecule has 1 aromatic carbocycles. The fourth-order valence-corrected chi connectivity index (χ4v) is 1.79. The minimum Gasteiger partial charge on any atom is -0.361 e. The van der Waals surface area contributed by atoms with Crippen molar-refractivity contribution in [3.8, 4) is 0 Å². The fraction of sp³-hybridized carbons (Fsp3) is 0.167. The monoisotopic (exact) mass is 240 g/mol. The summed E-state index contributed by atoms with van der Waals surface area (Å²) in [5, 5.41) is 21.3. The highest BCUT2D eigenvalue weighted by Gasteiger charge is 2.04. The number of aryl methyl sites for hydroxylation is 1. The van der Waals surface area contributed by atoms with Crippen LogP contribution in [-0.4, -0.2) is 25.0 Å². The van der Waals surface area contributed by atoms with E-state index in [1.54, 1.807) is 12.5 Å². The van der Waals surface area contributed by atoms with E-state index < -0.39 is 0 Å². The molecule has 0 aliphatic heterocycles. The molecule has 3 rings (SSSR count). The molecular weight excluding hydrogens is 228 g/mol. The largest absolute Gasteiger partial charge is 0.361 e. The Bertz CT molecular complexity index is 670. The number of hydrogen-bond donors (Lipinski definition) is 1. The second kappa shape index (κ2) is 4.40. The van der Waals surface area contributed by atoms with E-state index in [2.05, 4.69) is 25.7 Å². The lowest BCUT2D eigenvalue weighted by molar-refractivity contribution is 0.809. The number of hydrogen-bond acceptors (Lipinski definition) is 5. The van der Waals surface area contributed by atoms with Crippen LogP contribution in [0.1, 0.15) is 5.82 Å². The van der Waals surface area contributed by atoms with E-state index >= 15 is 0 Å². The number of rotatable bonds is 3. The molecule has 2 heterocycles. The molecule has 0 saturated carbocycles. The van der Waals surface area contributed by atoms with Crippen molar-refractivity contribution in [3.63, 3.8) is 0 Å². The van der Waals surface area contributed by atoms with Gasteiger partial charge in [0.15, 0.2) is 11.6 Å². The summed E-state index contributed by atoms with van der Waals surface area (Å²) in [4.78, 5) is 0. The maximum Gasteiger partial charge on any atom is 0.156 e. The summed E-state index contributed by atoms with van der Waals surface area (Å²) in [7, 11) is 1.91. The maximum atomic E-state index is 4.12. The Balaban J connectivity index is 1.89. The summed E-state index contributed by atoms with van der Waals surface area (Å²) in [5.41, 5.74) is 0. The third-order valence-corrected chi connectivity index (χ3v) is 2.79. The number of nitrogens with zero attached hydrogens (tertiary/aromatic N) is 5. The number of aromatic nitrogens is 5. The average molecular weight is 240 g/mol. The highest BCUT2D eigenvalue weighted by Crippen LogP contribution is 2.19. The molecule has 6 nitrogen and oxygen atoms in total. The van der Waals surface area contributed by atoms with Gasteiger partial charge < -0.3 is 9.88 Å². The zero-order valence-electron chi connectivity index (χ0n) is 9.91. The second-order valence-electron chi connectivity index (χ2n) is 3.99. The summed E-state index contributed by atoms with van der Waals surface area (Å²) < 4.78 is 1.87. The van der Waals surface area contributed by atoms with Crippen LogP contribution in [0.5, 0.6) is 0 Å². The van der Waals surface area contributed by atoms with Crippen molar-refractivity contribution in [1.29, 1.82) is 0 Å². The van der Waals surface area contributed by atoms with E-state index in [1.807, 2.05) is 35.9 Å². The average Bonchev–Trinajstić information content (AvgIpc) is 2.82. The smallest absolute Gasteiger partial charge is 0.156 e. The fourth-order valence-electron chi connectivity index (χ4n) is 1.79. The van der Waals surface area contributed by atoms with Gasteiger partial charge in [-0.25, -0.2) is 0 Å². The topological polar surface area (TPSA) is 68.5 Å². The summed E-state index contributed by atoms with van der Waals surface area (Å²) in [5.74, 6) is 1.61. The van der Waals surface area contributed by atoms with Gasteiger partial charge in [0.1, 0.15) is 6.33 Å². The Kier molecular flexibility index (Phi) is 2.60. The van der Waals surface area contributed by atoms with Crippen LogP contribution < -0.4 is 5.32 Å². The Morgan fingerprint density at radius 3 is 2.89 bits per heavy atom. The van der Waals surface area contributed by atoms with Gasteiger partial charge in [-0.3, -0.25) is 0 Å². The van der Waals surface area contributed by atoms with E-state index in [1.165, 1.54) is 0 Å². The van der Waals surface area contributed by atoms with E-state index in [-0.39, 0.29) is 0 Å². The lowest BCUT2D eigenvalue weighted by Crippen LogP contribution is -2.07. The summed E-state index contributed by atoms with van der Waals surface area (Å²) in [6.45, 7) is 0.569. The first-order valence-electron chi connectivity index (χ1n) is 5.62. The minimum atomic E-state index is 0.569. The van der Waals surface area contributed by atoms with Gasteiger partial charge in [-0.1, -0.05) is 24.3 Å². The zero-order valence-corrected chi connectivity index (χ0v) is 9.91. The van der Waals surface area contributed by atoms with Crippen molar-refractivity contribution >= 4 is 16.6 Å². The van der Waals surface area contributed by atoms with Gasteiger partial charge in [0.05, 0.1) is 12.7 Å². The first-order valence-corrected chi connectivity index (χ1v) is 5.62. The van der Waals surface area contributed by atoms with Crippen molar-refractivity contribution in [2.24, 2.45) is 7.05 Å². The van der Waals surface area contributed by atoms with Gasteiger partial charge in [-0.2, -0.15) is 5.10 Å². The van der Waals surface area contributed by atoms with Gasteiger partial charge >= 0.3 is 0 Å². The number of benzene rings is 1. The van der Waals surface area contributed by atoms with Crippen molar-refractivity contribution in [3.05, 3.63) is 42.6 Å². The van der Waals surface area contributed by atoms with E-state index in [0.717, 1.165) is 22.4 Å². The molecule has 18 heavy (non-hydrogen) atoms. The van der Waals surface area contributed by atoms with Crippen LogP contribution in [0.25, 0.3) is 10.8 Å². The van der Waals surface area contributed by atoms with Crippen LogP contribution in [-0.2, 0) is 13.6 Å². The Labute approximate surface area is 104 Å². The quantitative estimate of drug-likeness (QED) is 0.748. The SMILES string of the molecule is Cn1cnnc1CNc1nncc2ccccc12. The summed E-state index contributed by atoms with van der Waals surface area (Å²) in [6, 6.07) is 7.99. The lowest BCUT2D eigenvalue weighted by Gasteiger charge is -2.06. The Morgan fingerprint density at radius 2 is 2.06 bits per heavy atom. The molecule has 2 aromatic heterocycles. The molecule has 0 bridgehead atoms. The van der Waals surface area contributed by atoms with Crippen LogP contribution in [0.4, 0.5) is 5.82 Å². The van der Waals surface area contributed by atoms with Gasteiger partial charge in [0.2, 0.25) is 0 Å². The van der Waals surface area contributed by atoms with Gasteiger partial charge in [-0.05, 0) is 0 Å². The third-order valence-electron chi connectivity index (χ3n) is 2.79. The van der Waals surface area contributed by atoms with Crippen LogP contribution in [0.2, 0.25) is 0 Å². The number of anilines is 1. The number of nitrogens with one attached hydrogen (secondary N) is 1. The molecule has 90 valence electrons. The molecule has 0 unspecified atom stereocenters. The third kappa shape index (κ3) is 1.88. The van der Waals surface area contributed by atoms with Crippen molar-refractivity contribution in [1.82, 2.24) is 25.0 Å². The highest BCUT2D eigenvalue weighted by atomic mass is 15.3. The predicted molar refractivity (Wildman–Crippen MR) is 67.9 cm³/mol. The molecule has 0 aliphatic rings. The molecule has 0 aliphatic carbocycles. The van der Waals surface area contributed by atoms with Crippen molar-refractivity contribution < 1.29 is 0 Å². The van der Waals surface area contributed by atoms with E-state index in [4.69, 9.17) is 0 Å². The Hall–Kier alpha value is -2.50. The molecule has 3 aromatic rings. The predicted octanol–water partition coefficient (Wildman–Crippen LogP) is 1.37. The highest BCUT2D eigenvalue weighted by molar-refractivity contribution is 5.90. The first-order chi connectivity index (χ1) is 8.84. The van der Waals surface area contributed by atoms with Gasteiger partial charge in [0.25, 0.3) is 0 Å². The van der Waals surface area contributed by atoms with Crippen LogP contribution in [0.15, 0.2) is 36.8 Å². The molecule has 0 radical (unpaired) electrons. The molecule has 0 saturated heterocycles. The second-order valence-corrected chi connectivity index (χ2v) is 3.99. The van der Waals surface area contributed by atoms with E-state index in [9.17, 15) is 0 Å². The Morgan fingerprint density at radius 1 is 1.17 bits per heavy atom. The van der Waals surface area contributed by atoms with Crippen molar-refractivity contribution in [2.45, 2.75) is 6.54 Å². The first kappa shape index (κ1) is 10.6. The molecule has 1 N–H and O–H groups in total. The van der Waals surface area contributed by atoms with Crippen LogP contribution in [0.3, 0.4) is 0 Å². The summed E-state index contributed by atoms with van der Waals surface area (Å²) >= 11 is 0. The molecule has 6 heteroatoms. The lowest BCUT2D eigenvalue weighted by atomic mass is 10.2. The molecule has 0 amide bonds. The normalized spacial score (nSPS) is 10.7. The maximum absolute atomic E-state index is 4.12.